The lowest BCUT2D eigenvalue weighted by Gasteiger charge is -2.12. The molecule has 0 aromatic carbocycles. The van der Waals surface area contributed by atoms with Crippen LogP contribution < -0.4 is 5.32 Å². The predicted molar refractivity (Wildman–Crippen MR) is 42.8 cm³/mol. The van der Waals surface area contributed by atoms with Crippen LogP contribution in [-0.2, 0) is 4.84 Å². The van der Waals surface area contributed by atoms with Gasteiger partial charge in [-0.3, -0.25) is 0 Å². The topological polar surface area (TPSA) is 24.5 Å². The molecule has 0 saturated heterocycles. The maximum atomic E-state index is 4.94. The molecule has 0 aromatic heterocycles. The number of hydrogen-bond acceptors (Lipinski definition) is 3. The summed E-state index contributed by atoms with van der Waals surface area (Å²) in [6, 6.07) is 0. The first kappa shape index (κ1) is 9.88. The van der Waals surface area contributed by atoms with Crippen LogP contribution in [0.4, 0.5) is 0 Å². The minimum Gasteiger partial charge on any atom is -0.317 e. The quantitative estimate of drug-likeness (QED) is 0.436. The third-order valence-corrected chi connectivity index (χ3v) is 1.39. The fourth-order valence-electron chi connectivity index (χ4n) is 0.695. The highest BCUT2D eigenvalue weighted by molar-refractivity contribution is 4.45. The van der Waals surface area contributed by atoms with Crippen molar-refractivity contribution >= 4 is 0 Å². The molecule has 0 aliphatic carbocycles. The Hall–Kier alpha value is -0.120. The maximum absolute atomic E-state index is 4.94. The van der Waals surface area contributed by atoms with Crippen molar-refractivity contribution in [3.63, 3.8) is 0 Å². The maximum Gasteiger partial charge on any atom is 0.0575 e. The summed E-state index contributed by atoms with van der Waals surface area (Å²) >= 11 is 0. The van der Waals surface area contributed by atoms with Crippen LogP contribution in [0.1, 0.15) is 13.3 Å². The molecule has 0 aliphatic rings. The molecule has 0 aliphatic heterocycles. The fourth-order valence-corrected chi connectivity index (χ4v) is 0.695. The Labute approximate surface area is 63.3 Å². The number of nitrogens with one attached hydrogen (secondary N) is 1. The van der Waals surface area contributed by atoms with E-state index < -0.39 is 0 Å². The second kappa shape index (κ2) is 6.99. The first-order valence-corrected chi connectivity index (χ1v) is 3.77. The molecule has 3 nitrogen and oxygen atoms in total. The molecule has 0 saturated carbocycles. The average Bonchev–Trinajstić information content (AvgIpc) is 1.98. The molecule has 0 bridgehead atoms. The Balaban J connectivity index is 2.89. The van der Waals surface area contributed by atoms with Crippen LogP contribution >= 0.6 is 0 Å². The Bertz CT molecular complexity index is 68.6. The fraction of sp³-hybridized carbons (Fsp3) is 1.00. The van der Waals surface area contributed by atoms with Gasteiger partial charge < -0.3 is 10.2 Å². The van der Waals surface area contributed by atoms with Crippen LogP contribution in [0.2, 0.25) is 0 Å². The summed E-state index contributed by atoms with van der Waals surface area (Å²) in [5.74, 6) is 0. The first-order chi connectivity index (χ1) is 4.81. The van der Waals surface area contributed by atoms with Gasteiger partial charge in [-0.05, 0) is 19.5 Å². The Morgan fingerprint density at radius 1 is 1.50 bits per heavy atom. The molecule has 0 atom stereocenters. The summed E-state index contributed by atoms with van der Waals surface area (Å²) < 4.78 is 0. The van der Waals surface area contributed by atoms with Crippen LogP contribution in [0.15, 0.2) is 0 Å². The van der Waals surface area contributed by atoms with Crippen molar-refractivity contribution in [1.29, 1.82) is 0 Å². The molecule has 3 heteroatoms. The van der Waals surface area contributed by atoms with Crippen molar-refractivity contribution < 1.29 is 4.84 Å². The molecule has 0 fully saturated rings. The van der Waals surface area contributed by atoms with Crippen LogP contribution in [0.5, 0.6) is 0 Å². The lowest BCUT2D eigenvalue weighted by atomic mass is 10.4. The summed E-state index contributed by atoms with van der Waals surface area (Å²) in [4.78, 5) is 4.94. The van der Waals surface area contributed by atoms with E-state index in [4.69, 9.17) is 4.84 Å². The second-order valence-corrected chi connectivity index (χ2v) is 2.24. The Morgan fingerprint density at radius 3 is 2.70 bits per heavy atom. The van der Waals surface area contributed by atoms with Crippen LogP contribution in [0, 0.1) is 0 Å². The zero-order chi connectivity index (χ0) is 7.82. The summed E-state index contributed by atoms with van der Waals surface area (Å²) in [5.41, 5.74) is 0. The van der Waals surface area contributed by atoms with Gasteiger partial charge in [0.25, 0.3) is 0 Å². The average molecular weight is 146 g/mol. The van der Waals surface area contributed by atoms with Gasteiger partial charge >= 0.3 is 0 Å². The Kier molecular flexibility index (Phi) is 6.91. The summed E-state index contributed by atoms with van der Waals surface area (Å²) in [6.45, 7) is 5.23. The zero-order valence-electron chi connectivity index (χ0n) is 7.18. The van der Waals surface area contributed by atoms with Gasteiger partial charge in [-0.15, -0.1) is 0 Å². The number of nitrogens with zero attached hydrogens (tertiary/aromatic N) is 1. The molecule has 10 heavy (non-hydrogen) atoms. The van der Waals surface area contributed by atoms with Crippen LogP contribution in [0.25, 0.3) is 0 Å². The SMILES string of the molecule is CCNCCCN(C)OC. The molecular weight excluding hydrogens is 128 g/mol. The van der Waals surface area contributed by atoms with Gasteiger partial charge in [0, 0.05) is 13.6 Å². The lowest BCUT2D eigenvalue weighted by Crippen LogP contribution is -2.23. The second-order valence-electron chi connectivity index (χ2n) is 2.24. The van der Waals surface area contributed by atoms with Crippen molar-refractivity contribution in [2.24, 2.45) is 0 Å². The van der Waals surface area contributed by atoms with E-state index in [0.717, 1.165) is 26.1 Å². The number of hydroxylamine groups is 2. The van der Waals surface area contributed by atoms with E-state index in [1.807, 2.05) is 12.1 Å². The molecule has 62 valence electrons. The smallest absolute Gasteiger partial charge is 0.0575 e. The predicted octanol–water partition coefficient (Wildman–Crippen LogP) is 0.479. The van der Waals surface area contributed by atoms with Gasteiger partial charge in [0.15, 0.2) is 0 Å². The zero-order valence-corrected chi connectivity index (χ0v) is 7.18. The minimum absolute atomic E-state index is 0.990. The molecule has 0 unspecified atom stereocenters. The third kappa shape index (κ3) is 6.01. The van der Waals surface area contributed by atoms with Crippen molar-refractivity contribution in [3.05, 3.63) is 0 Å². The van der Waals surface area contributed by atoms with Crippen molar-refractivity contribution in [1.82, 2.24) is 10.4 Å². The van der Waals surface area contributed by atoms with Gasteiger partial charge in [0.1, 0.15) is 0 Å². The highest BCUT2D eigenvalue weighted by atomic mass is 16.7. The molecule has 0 spiro atoms. The molecule has 0 amide bonds. The summed E-state index contributed by atoms with van der Waals surface area (Å²) in [5, 5.41) is 5.08. The minimum atomic E-state index is 0.990. The van der Waals surface area contributed by atoms with E-state index in [1.54, 1.807) is 7.11 Å². The van der Waals surface area contributed by atoms with Crippen molar-refractivity contribution in [2.75, 3.05) is 33.8 Å². The van der Waals surface area contributed by atoms with Crippen molar-refractivity contribution in [3.8, 4) is 0 Å². The lowest BCUT2D eigenvalue weighted by molar-refractivity contribution is -0.109. The summed E-state index contributed by atoms with van der Waals surface area (Å²) in [6.07, 6.45) is 1.14. The molecule has 0 rings (SSSR count). The van der Waals surface area contributed by atoms with E-state index in [2.05, 4.69) is 12.2 Å². The number of hydrogen-bond donors (Lipinski definition) is 1. The van der Waals surface area contributed by atoms with Gasteiger partial charge in [-0.25, -0.2) is 0 Å². The van der Waals surface area contributed by atoms with Crippen LogP contribution in [-0.4, -0.2) is 38.9 Å². The monoisotopic (exact) mass is 146 g/mol. The van der Waals surface area contributed by atoms with Crippen molar-refractivity contribution in [2.45, 2.75) is 13.3 Å². The van der Waals surface area contributed by atoms with Gasteiger partial charge in [0.05, 0.1) is 7.11 Å². The van der Waals surface area contributed by atoms with Gasteiger partial charge in [-0.1, -0.05) is 6.92 Å². The van der Waals surface area contributed by atoms with Gasteiger partial charge in [0.2, 0.25) is 0 Å². The third-order valence-electron chi connectivity index (χ3n) is 1.39. The first-order valence-electron chi connectivity index (χ1n) is 3.77. The Morgan fingerprint density at radius 2 is 2.20 bits per heavy atom. The largest absolute Gasteiger partial charge is 0.317 e. The van der Waals surface area contributed by atoms with E-state index >= 15 is 0 Å². The molecule has 0 radical (unpaired) electrons. The summed E-state index contributed by atoms with van der Waals surface area (Å²) in [7, 11) is 3.62. The van der Waals surface area contributed by atoms with Gasteiger partial charge in [-0.2, -0.15) is 5.06 Å². The van der Waals surface area contributed by atoms with E-state index in [0.29, 0.717) is 0 Å². The van der Waals surface area contributed by atoms with E-state index in [1.165, 1.54) is 0 Å². The highest BCUT2D eigenvalue weighted by Gasteiger charge is 1.92. The molecule has 0 aromatic rings. The van der Waals surface area contributed by atoms with E-state index in [-0.39, 0.29) is 0 Å². The highest BCUT2D eigenvalue weighted by Crippen LogP contribution is 1.84. The molecular formula is C7H18N2O. The molecule has 1 N–H and O–H groups in total. The molecule has 0 heterocycles. The van der Waals surface area contributed by atoms with E-state index in [9.17, 15) is 0 Å². The standard InChI is InChI=1S/C7H18N2O/c1-4-8-6-5-7-9(2)10-3/h8H,4-7H2,1-3H3. The number of rotatable bonds is 6. The normalized spacial score (nSPS) is 10.8. The van der Waals surface area contributed by atoms with Crippen LogP contribution in [0.3, 0.4) is 0 Å².